The van der Waals surface area contributed by atoms with Crippen LogP contribution in [0, 0.1) is 5.92 Å². The summed E-state index contributed by atoms with van der Waals surface area (Å²) in [6.07, 6.45) is 15.4. The zero-order valence-corrected chi connectivity index (χ0v) is 19.1. The van der Waals surface area contributed by atoms with E-state index in [0.717, 1.165) is 11.9 Å². The third kappa shape index (κ3) is 5.53. The van der Waals surface area contributed by atoms with Gasteiger partial charge in [-0.15, -0.1) is 5.11 Å². The normalized spacial score (nSPS) is 17.0. The van der Waals surface area contributed by atoms with Crippen molar-refractivity contribution >= 4 is 26.6 Å². The van der Waals surface area contributed by atoms with Gasteiger partial charge in [-0.05, 0) is 38.3 Å². The highest BCUT2D eigenvalue weighted by Gasteiger charge is 2.20. The lowest BCUT2D eigenvalue weighted by atomic mass is 9.87. The molecular formula is C24H31N3O3S. The molecule has 1 fully saturated rings. The summed E-state index contributed by atoms with van der Waals surface area (Å²) in [4.78, 5) is 0.0508. The number of benzene rings is 1. The molecular weight excluding hydrogens is 410 g/mol. The van der Waals surface area contributed by atoms with E-state index in [1.807, 2.05) is 35.8 Å². The third-order valence-electron chi connectivity index (χ3n) is 5.80. The quantitative estimate of drug-likeness (QED) is 0.362. The first kappa shape index (κ1) is 23.0. The van der Waals surface area contributed by atoms with Gasteiger partial charge in [0, 0.05) is 11.9 Å². The Labute approximate surface area is 184 Å². The summed E-state index contributed by atoms with van der Waals surface area (Å²) in [5, 5.41) is 15.6. The molecule has 2 aromatic rings. The molecule has 0 spiro atoms. The summed E-state index contributed by atoms with van der Waals surface area (Å²) in [6.45, 7) is 4.16. The van der Waals surface area contributed by atoms with Crippen molar-refractivity contribution in [2.75, 3.05) is 0 Å². The number of para-hydroxylation sites is 1. The fourth-order valence-corrected chi connectivity index (χ4v) is 4.95. The zero-order chi connectivity index (χ0) is 22.3. The predicted molar refractivity (Wildman–Crippen MR) is 126 cm³/mol. The fourth-order valence-electron chi connectivity index (χ4n) is 4.12. The molecule has 0 radical (unpaired) electrons. The number of rotatable bonds is 8. The highest BCUT2D eigenvalue weighted by molar-refractivity contribution is 7.94. The number of aromatic nitrogens is 1. The monoisotopic (exact) mass is 441 g/mol. The van der Waals surface area contributed by atoms with Crippen molar-refractivity contribution in [2.24, 2.45) is 15.6 Å². The Morgan fingerprint density at radius 1 is 1.16 bits per heavy atom. The van der Waals surface area contributed by atoms with Crippen LogP contribution in [-0.2, 0) is 16.6 Å². The van der Waals surface area contributed by atoms with Gasteiger partial charge in [0.1, 0.15) is 0 Å². The Bertz CT molecular complexity index is 1120. The first-order valence-corrected chi connectivity index (χ1v) is 12.4. The molecule has 1 heterocycles. The molecule has 1 saturated carbocycles. The second kappa shape index (κ2) is 10.6. The molecule has 1 aromatic heterocycles. The molecule has 6 nitrogen and oxygen atoms in total. The lowest BCUT2D eigenvalue weighted by molar-refractivity contribution is 0.317. The SMILES string of the molecule is C\C=C/C=C\C(=C/C)S(=O)(=O)N=Nc1c(O)n(CCC2CCCCC2)c2ccccc12. The van der Waals surface area contributed by atoms with Crippen molar-refractivity contribution < 1.29 is 13.5 Å². The number of allylic oxidation sites excluding steroid dienone is 5. The number of hydrogen-bond donors (Lipinski definition) is 1. The highest BCUT2D eigenvalue weighted by Crippen LogP contribution is 2.40. The highest BCUT2D eigenvalue weighted by atomic mass is 32.2. The first-order chi connectivity index (χ1) is 15.0. The molecule has 31 heavy (non-hydrogen) atoms. The van der Waals surface area contributed by atoms with Crippen LogP contribution < -0.4 is 0 Å². The van der Waals surface area contributed by atoms with Crippen LogP contribution in [0.5, 0.6) is 5.88 Å². The lowest BCUT2D eigenvalue weighted by Gasteiger charge is -2.21. The minimum Gasteiger partial charge on any atom is -0.493 e. The van der Waals surface area contributed by atoms with Gasteiger partial charge in [-0.25, -0.2) is 0 Å². The van der Waals surface area contributed by atoms with Gasteiger partial charge in [0.2, 0.25) is 5.88 Å². The smallest absolute Gasteiger partial charge is 0.299 e. The van der Waals surface area contributed by atoms with Crippen LogP contribution in [0.15, 0.2) is 69.2 Å². The van der Waals surface area contributed by atoms with Crippen LogP contribution in [0.3, 0.4) is 0 Å². The van der Waals surface area contributed by atoms with Crippen LogP contribution in [0.4, 0.5) is 5.69 Å². The van der Waals surface area contributed by atoms with Crippen molar-refractivity contribution in [3.05, 3.63) is 59.6 Å². The third-order valence-corrected chi connectivity index (χ3v) is 7.06. The average Bonchev–Trinajstić information content (AvgIpc) is 3.05. The van der Waals surface area contributed by atoms with E-state index in [-0.39, 0.29) is 16.5 Å². The summed E-state index contributed by atoms with van der Waals surface area (Å²) < 4.78 is 30.7. The molecule has 166 valence electrons. The van der Waals surface area contributed by atoms with E-state index in [1.54, 1.807) is 25.2 Å². The maximum Gasteiger partial charge on any atom is 0.299 e. The average molecular weight is 442 g/mol. The Hall–Kier alpha value is -2.67. The van der Waals surface area contributed by atoms with Crippen LogP contribution in [-0.4, -0.2) is 18.1 Å². The van der Waals surface area contributed by atoms with Crippen LogP contribution in [0.1, 0.15) is 52.4 Å². The van der Waals surface area contributed by atoms with Crippen molar-refractivity contribution in [1.82, 2.24) is 4.57 Å². The molecule has 1 aromatic carbocycles. The summed E-state index contributed by atoms with van der Waals surface area (Å²) in [5.41, 5.74) is 1.03. The number of aromatic hydroxyl groups is 1. The Kier molecular flexibility index (Phi) is 7.85. The van der Waals surface area contributed by atoms with Gasteiger partial charge in [-0.2, -0.15) is 8.42 Å². The van der Waals surface area contributed by atoms with Crippen molar-refractivity contribution in [3.63, 3.8) is 0 Å². The standard InChI is InChI=1S/C24H31N3O3S/c1-3-5-7-14-20(4-2)31(29,30)26-25-23-21-15-10-11-16-22(21)27(24(23)28)18-17-19-12-8-6-9-13-19/h3-5,7,10-11,14-16,19,28H,6,8-9,12-13,17-18H2,1-2H3/b5-3-,14-7-,20-4+,26-25?. The molecule has 3 rings (SSSR count). The van der Waals surface area contributed by atoms with Crippen molar-refractivity contribution in [1.29, 1.82) is 0 Å². The number of sulfonamides is 1. The molecule has 0 aliphatic heterocycles. The molecule has 1 aliphatic rings. The topological polar surface area (TPSA) is 84.0 Å². The van der Waals surface area contributed by atoms with Gasteiger partial charge >= 0.3 is 0 Å². The summed E-state index contributed by atoms with van der Waals surface area (Å²) in [6, 6.07) is 7.49. The Balaban J connectivity index is 1.90. The lowest BCUT2D eigenvalue weighted by Crippen LogP contribution is -2.09. The maximum absolute atomic E-state index is 12.6. The molecule has 1 aliphatic carbocycles. The Morgan fingerprint density at radius 2 is 1.90 bits per heavy atom. The summed E-state index contributed by atoms with van der Waals surface area (Å²) in [5.74, 6) is 0.628. The van der Waals surface area contributed by atoms with Gasteiger partial charge < -0.3 is 9.67 Å². The van der Waals surface area contributed by atoms with Gasteiger partial charge in [-0.3, -0.25) is 0 Å². The largest absolute Gasteiger partial charge is 0.493 e. The molecule has 0 amide bonds. The minimum absolute atomic E-state index is 0.0394. The van der Waals surface area contributed by atoms with E-state index < -0.39 is 10.0 Å². The number of nitrogens with zero attached hydrogens (tertiary/aromatic N) is 3. The van der Waals surface area contributed by atoms with Gasteiger partial charge in [-0.1, -0.05) is 79.1 Å². The minimum atomic E-state index is -3.98. The van der Waals surface area contributed by atoms with Gasteiger partial charge in [0.05, 0.1) is 10.4 Å². The predicted octanol–water partition coefficient (Wildman–Crippen LogP) is 6.77. The van der Waals surface area contributed by atoms with Gasteiger partial charge in [0.25, 0.3) is 10.0 Å². The zero-order valence-electron chi connectivity index (χ0n) is 18.2. The number of hydrogen-bond acceptors (Lipinski definition) is 4. The summed E-state index contributed by atoms with van der Waals surface area (Å²) >= 11 is 0. The van der Waals surface area contributed by atoms with E-state index in [0.29, 0.717) is 17.8 Å². The first-order valence-electron chi connectivity index (χ1n) is 10.9. The fraction of sp³-hybridized carbons (Fsp3) is 0.417. The second-order valence-electron chi connectivity index (χ2n) is 7.87. The van der Waals surface area contributed by atoms with Crippen LogP contribution in [0.25, 0.3) is 10.9 Å². The number of fused-ring (bicyclic) bond motifs is 1. The molecule has 0 atom stereocenters. The van der Waals surface area contributed by atoms with Gasteiger partial charge in [0.15, 0.2) is 5.69 Å². The molecule has 1 N–H and O–H groups in total. The Morgan fingerprint density at radius 3 is 2.61 bits per heavy atom. The van der Waals surface area contributed by atoms with Crippen LogP contribution >= 0.6 is 0 Å². The van der Waals surface area contributed by atoms with E-state index in [4.69, 9.17) is 0 Å². The molecule has 0 unspecified atom stereocenters. The second-order valence-corrected chi connectivity index (χ2v) is 9.45. The van der Waals surface area contributed by atoms with Crippen molar-refractivity contribution in [3.8, 4) is 5.88 Å². The van der Waals surface area contributed by atoms with E-state index >= 15 is 0 Å². The van der Waals surface area contributed by atoms with E-state index in [9.17, 15) is 13.5 Å². The van der Waals surface area contributed by atoms with E-state index in [2.05, 4.69) is 9.63 Å². The molecule has 0 bridgehead atoms. The number of aryl methyl sites for hydroxylation is 1. The van der Waals surface area contributed by atoms with Crippen molar-refractivity contribution in [2.45, 2.75) is 58.9 Å². The van der Waals surface area contributed by atoms with E-state index in [1.165, 1.54) is 44.3 Å². The maximum atomic E-state index is 12.6. The molecule has 0 saturated heterocycles. The van der Waals surface area contributed by atoms with Crippen LogP contribution in [0.2, 0.25) is 0 Å². The molecule has 7 heteroatoms. The summed E-state index contributed by atoms with van der Waals surface area (Å²) in [7, 11) is -3.98.